The molecule has 0 spiro atoms. The number of rotatable bonds is 10. The van der Waals surface area contributed by atoms with Crippen LogP contribution >= 0.6 is 0 Å². The first kappa shape index (κ1) is 36.3. The van der Waals surface area contributed by atoms with Crippen molar-refractivity contribution < 1.29 is 115 Å². The minimum atomic E-state index is -9.00. The van der Waals surface area contributed by atoms with E-state index in [1.165, 1.54) is 0 Å². The molecule has 0 atom stereocenters. The second-order valence-corrected chi connectivity index (χ2v) is 7.66. The third-order valence-corrected chi connectivity index (χ3v) is 4.72. The van der Waals surface area contributed by atoms with E-state index in [9.17, 15) is 96.4 Å². The summed E-state index contributed by atoms with van der Waals surface area (Å²) in [6.45, 7) is 0. The van der Waals surface area contributed by atoms with Crippen LogP contribution in [0.1, 0.15) is 12.8 Å². The van der Waals surface area contributed by atoms with Crippen molar-refractivity contribution in [2.24, 2.45) is 0 Å². The summed E-state index contributed by atoms with van der Waals surface area (Å²) in [6.07, 6.45) is -12.7. The summed E-state index contributed by atoms with van der Waals surface area (Å²) in [4.78, 5) is 0. The molecule has 0 aliphatic heterocycles. The van der Waals surface area contributed by atoms with Gasteiger partial charge in [0.05, 0.1) is 0 Å². The van der Waals surface area contributed by atoms with E-state index in [4.69, 9.17) is 0 Å². The molecular formula is C11H4F19LiO3S. The fourth-order valence-corrected chi connectivity index (χ4v) is 2.26. The van der Waals surface area contributed by atoms with Gasteiger partial charge in [0.1, 0.15) is 0 Å². The van der Waals surface area contributed by atoms with Crippen LogP contribution in [0.2, 0.25) is 0 Å². The van der Waals surface area contributed by atoms with E-state index in [0.717, 1.165) is 0 Å². The van der Waals surface area contributed by atoms with E-state index < -0.39 is 75.8 Å². The van der Waals surface area contributed by atoms with Crippen molar-refractivity contribution in [3.63, 3.8) is 0 Å². The molecule has 0 unspecified atom stereocenters. The van der Waals surface area contributed by atoms with E-state index in [2.05, 4.69) is 0 Å². The van der Waals surface area contributed by atoms with Crippen LogP contribution in [0.25, 0.3) is 0 Å². The maximum atomic E-state index is 13.4. The summed E-state index contributed by atoms with van der Waals surface area (Å²) in [6, 6.07) is 0. The Morgan fingerprint density at radius 1 is 0.457 bits per heavy atom. The molecule has 0 aromatic carbocycles. The van der Waals surface area contributed by atoms with Gasteiger partial charge in [-0.05, 0) is 0 Å². The zero-order valence-electron chi connectivity index (χ0n) is 15.7. The van der Waals surface area contributed by atoms with Gasteiger partial charge in [-0.3, -0.25) is 0 Å². The second kappa shape index (κ2) is 9.18. The Balaban J connectivity index is 0. The normalized spacial score (nSPS) is 16.2. The monoisotopic (exact) mass is 584 g/mol. The Bertz CT molecular complexity index is 862. The van der Waals surface area contributed by atoms with Gasteiger partial charge < -0.3 is 4.55 Å². The molecule has 0 aliphatic carbocycles. The topological polar surface area (TPSA) is 57.2 Å². The molecule has 0 saturated heterocycles. The van der Waals surface area contributed by atoms with Crippen molar-refractivity contribution in [2.75, 3.05) is 0 Å². The molecule has 0 N–H and O–H groups in total. The van der Waals surface area contributed by atoms with E-state index in [1.807, 2.05) is 0 Å². The first-order valence-corrected chi connectivity index (χ1v) is 8.66. The maximum absolute atomic E-state index is 13.4. The molecule has 0 aliphatic rings. The Kier molecular flexibility index (Phi) is 9.53. The zero-order valence-corrected chi connectivity index (χ0v) is 16.5. The van der Waals surface area contributed by atoms with Gasteiger partial charge in [-0.25, -0.2) is 8.42 Å². The quantitative estimate of drug-likeness (QED) is 0.226. The molecule has 35 heavy (non-hydrogen) atoms. The summed E-state index contributed by atoms with van der Waals surface area (Å²) in [5.74, 6) is -59.4. The fraction of sp³-hybridized carbons (Fsp3) is 1.00. The molecule has 0 saturated carbocycles. The molecule has 206 valence electrons. The Morgan fingerprint density at radius 3 is 0.971 bits per heavy atom. The largest absolute Gasteiger partial charge is 1.00 e. The summed E-state index contributed by atoms with van der Waals surface area (Å²) < 4.78 is 276. The molecule has 0 bridgehead atoms. The van der Waals surface area contributed by atoms with Gasteiger partial charge in [-0.2, -0.15) is 83.4 Å². The minimum absolute atomic E-state index is 0. The van der Waals surface area contributed by atoms with Crippen LogP contribution in [0, 0.1) is 0 Å². The molecule has 0 aromatic rings. The SMILES string of the molecule is O=S(=O)([O-])C(F)(F)C(F)(F)C(F)(F)C(F)(F)C(F)(F)C(F)(F)C(F)(F)C(F)(F)CCC(F)(F)F.[Li+]. The summed E-state index contributed by atoms with van der Waals surface area (Å²) >= 11 is 0. The molecule has 0 radical (unpaired) electrons. The average molecular weight is 584 g/mol. The van der Waals surface area contributed by atoms with Crippen molar-refractivity contribution in [2.45, 2.75) is 65.7 Å². The van der Waals surface area contributed by atoms with E-state index >= 15 is 0 Å². The Labute approximate surface area is 191 Å². The Morgan fingerprint density at radius 2 is 0.714 bits per heavy atom. The van der Waals surface area contributed by atoms with Crippen LogP contribution in [-0.4, -0.2) is 65.9 Å². The van der Waals surface area contributed by atoms with Crippen LogP contribution in [0.4, 0.5) is 83.4 Å². The van der Waals surface area contributed by atoms with Crippen molar-refractivity contribution in [1.29, 1.82) is 0 Å². The predicted octanol–water partition coefficient (Wildman–Crippen LogP) is 2.92. The number of halogens is 19. The van der Waals surface area contributed by atoms with Crippen LogP contribution in [0.5, 0.6) is 0 Å². The van der Waals surface area contributed by atoms with Crippen molar-refractivity contribution in [1.82, 2.24) is 0 Å². The van der Waals surface area contributed by atoms with Gasteiger partial charge in [-0.15, -0.1) is 0 Å². The van der Waals surface area contributed by atoms with Crippen LogP contribution in [0.3, 0.4) is 0 Å². The molecule has 0 rings (SSSR count). The third-order valence-electron chi connectivity index (χ3n) is 3.83. The summed E-state index contributed by atoms with van der Waals surface area (Å²) in [5.41, 5.74) is 0. The number of hydrogen-bond donors (Lipinski definition) is 0. The molecule has 3 nitrogen and oxygen atoms in total. The van der Waals surface area contributed by atoms with Gasteiger partial charge in [0.15, 0.2) is 10.1 Å². The number of alkyl halides is 19. The smallest absolute Gasteiger partial charge is 0.743 e. The van der Waals surface area contributed by atoms with Gasteiger partial charge in [-0.1, -0.05) is 0 Å². The second-order valence-electron chi connectivity index (χ2n) is 6.24. The van der Waals surface area contributed by atoms with Gasteiger partial charge in [0.25, 0.3) is 0 Å². The van der Waals surface area contributed by atoms with Crippen LogP contribution < -0.4 is 18.9 Å². The first-order chi connectivity index (χ1) is 14.2. The van der Waals surface area contributed by atoms with Crippen molar-refractivity contribution >= 4 is 10.1 Å². The molecule has 24 heteroatoms. The molecule has 0 heterocycles. The summed E-state index contributed by atoms with van der Waals surface area (Å²) in [7, 11) is -8.21. The van der Waals surface area contributed by atoms with Crippen LogP contribution in [0.15, 0.2) is 0 Å². The van der Waals surface area contributed by atoms with Gasteiger partial charge in [0.2, 0.25) is 0 Å². The molecule has 0 fully saturated rings. The molecule has 0 aromatic heterocycles. The third kappa shape index (κ3) is 5.28. The zero-order chi connectivity index (χ0) is 28.4. The van der Waals surface area contributed by atoms with Crippen LogP contribution in [-0.2, 0) is 10.1 Å². The predicted molar refractivity (Wildman–Crippen MR) is 64.6 cm³/mol. The standard InChI is InChI=1S/C11H5F19O3S.Li/c12-3(13,1-2-4(14,15)16)5(17,18)6(19,20)7(21,22)8(23,24)9(25,26)10(27,28)11(29,30)34(31,32)33;/h1-2H2,(H,31,32,33);/q;+1/p-1. The van der Waals surface area contributed by atoms with Crippen molar-refractivity contribution in [3.05, 3.63) is 0 Å². The average Bonchev–Trinajstić information content (AvgIpc) is 2.57. The molecular weight excluding hydrogens is 580 g/mol. The summed E-state index contributed by atoms with van der Waals surface area (Å²) in [5, 5.41) is -8.02. The van der Waals surface area contributed by atoms with E-state index in [-0.39, 0.29) is 18.9 Å². The van der Waals surface area contributed by atoms with Gasteiger partial charge >= 0.3 is 71.7 Å². The van der Waals surface area contributed by atoms with Gasteiger partial charge in [0, 0.05) is 12.8 Å². The fourth-order valence-electron chi connectivity index (χ4n) is 1.81. The van der Waals surface area contributed by atoms with E-state index in [0.29, 0.717) is 0 Å². The maximum Gasteiger partial charge on any atom is 1.00 e. The first-order valence-electron chi connectivity index (χ1n) is 7.25. The molecule has 0 amide bonds. The van der Waals surface area contributed by atoms with E-state index in [1.54, 1.807) is 0 Å². The van der Waals surface area contributed by atoms with Crippen molar-refractivity contribution in [3.8, 4) is 0 Å². The minimum Gasteiger partial charge on any atom is -0.743 e. The number of hydrogen-bond acceptors (Lipinski definition) is 3. The Hall–Kier alpha value is -0.823.